The van der Waals surface area contributed by atoms with Crippen LogP contribution in [0.3, 0.4) is 0 Å². The lowest BCUT2D eigenvalue weighted by Gasteiger charge is -2.11. The van der Waals surface area contributed by atoms with Crippen molar-refractivity contribution in [1.82, 2.24) is 14.8 Å². The first-order chi connectivity index (χ1) is 19.6. The fourth-order valence-corrected chi connectivity index (χ4v) is 3.96. The van der Waals surface area contributed by atoms with Gasteiger partial charge in [0.25, 0.3) is 5.56 Å². The third-order valence-electron chi connectivity index (χ3n) is 6.40. The van der Waals surface area contributed by atoms with Crippen LogP contribution in [0.25, 0.3) is 5.69 Å². The number of aromatic nitrogens is 2. The van der Waals surface area contributed by atoms with Crippen LogP contribution in [-0.4, -0.2) is 40.0 Å². The van der Waals surface area contributed by atoms with Crippen LogP contribution in [-0.2, 0) is 16.6 Å². The molecule has 4 aromatic rings. The third kappa shape index (κ3) is 6.25. The van der Waals surface area contributed by atoms with Gasteiger partial charge in [0.05, 0.1) is 29.8 Å². The summed E-state index contributed by atoms with van der Waals surface area (Å²) in [6.45, 7) is 5.19. The van der Waals surface area contributed by atoms with Gasteiger partial charge in [-0.25, -0.2) is 14.9 Å². The number of methoxy groups -OCH3 is 1. The van der Waals surface area contributed by atoms with Crippen molar-refractivity contribution in [2.24, 2.45) is 12.1 Å². The monoisotopic (exact) mass is 555 g/mol. The molecule has 1 heterocycles. The molecule has 0 aliphatic heterocycles. The quantitative estimate of drug-likeness (QED) is 0.118. The lowest BCUT2D eigenvalue weighted by Crippen LogP contribution is -2.34. The van der Waals surface area contributed by atoms with E-state index in [9.17, 15) is 19.2 Å². The minimum atomic E-state index is -1.06. The van der Waals surface area contributed by atoms with Crippen LogP contribution < -0.4 is 25.8 Å². The molecule has 0 saturated heterocycles. The minimum Gasteiger partial charge on any atom is -0.493 e. The zero-order valence-corrected chi connectivity index (χ0v) is 23.2. The number of nitrogens with zero attached hydrogens (tertiary/aromatic N) is 3. The van der Waals surface area contributed by atoms with Gasteiger partial charge in [-0.15, -0.1) is 0 Å². The minimum absolute atomic E-state index is 0.0160. The summed E-state index contributed by atoms with van der Waals surface area (Å²) in [5, 5.41) is 6.39. The Bertz CT molecular complexity index is 1700. The van der Waals surface area contributed by atoms with Gasteiger partial charge >= 0.3 is 17.8 Å². The average Bonchev–Trinajstić information content (AvgIpc) is 3.19. The summed E-state index contributed by atoms with van der Waals surface area (Å²) >= 11 is 0. The summed E-state index contributed by atoms with van der Waals surface area (Å²) in [5.41, 5.74) is 5.09. The highest BCUT2D eigenvalue weighted by Gasteiger charge is 2.22. The van der Waals surface area contributed by atoms with Gasteiger partial charge in [-0.2, -0.15) is 5.10 Å². The Balaban J connectivity index is 1.44. The number of ether oxygens (including phenoxy) is 2. The summed E-state index contributed by atoms with van der Waals surface area (Å²) in [7, 11) is 3.11. The van der Waals surface area contributed by atoms with Crippen LogP contribution in [0.15, 0.2) is 82.7 Å². The fraction of sp³-hybridized carbons (Fsp3) is 0.167. The highest BCUT2D eigenvalue weighted by molar-refractivity contribution is 6.39. The second-order valence-electron chi connectivity index (χ2n) is 9.15. The number of carbonyl (C=O) groups excluding carboxylic acids is 3. The first-order valence-electron chi connectivity index (χ1n) is 12.6. The van der Waals surface area contributed by atoms with Crippen LogP contribution in [0.1, 0.15) is 34.1 Å². The van der Waals surface area contributed by atoms with E-state index in [0.717, 1.165) is 5.56 Å². The Morgan fingerprint density at radius 1 is 0.854 bits per heavy atom. The van der Waals surface area contributed by atoms with E-state index in [-0.39, 0.29) is 17.2 Å². The Kier molecular flexibility index (Phi) is 8.47. The van der Waals surface area contributed by atoms with Gasteiger partial charge in [-0.05, 0) is 63.2 Å². The van der Waals surface area contributed by atoms with Gasteiger partial charge in [0, 0.05) is 12.6 Å². The number of esters is 1. The predicted octanol–water partition coefficient (Wildman–Crippen LogP) is 3.50. The number of hydrogen-bond donors (Lipinski definition) is 2. The van der Waals surface area contributed by atoms with Crippen LogP contribution in [0.5, 0.6) is 11.5 Å². The van der Waals surface area contributed by atoms with Crippen molar-refractivity contribution in [3.63, 3.8) is 0 Å². The molecular weight excluding hydrogens is 526 g/mol. The van der Waals surface area contributed by atoms with E-state index in [1.54, 1.807) is 80.2 Å². The molecule has 210 valence electrons. The molecule has 11 nitrogen and oxygen atoms in total. The lowest BCUT2D eigenvalue weighted by atomic mass is 10.1. The summed E-state index contributed by atoms with van der Waals surface area (Å²) in [6, 6.07) is 20.6. The van der Waals surface area contributed by atoms with Gasteiger partial charge < -0.3 is 14.8 Å². The molecule has 0 saturated carbocycles. The summed E-state index contributed by atoms with van der Waals surface area (Å²) in [6.07, 6.45) is 0. The SMILES string of the molecule is COc1cc(C(C)=NNC(=O)C(=O)Nc2c(C)n(C)n(-c3ccccc3)c2=O)ccc1OC(=O)c1ccc(C)cc1. The topological polar surface area (TPSA) is 133 Å². The first-order valence-corrected chi connectivity index (χ1v) is 12.6. The van der Waals surface area contributed by atoms with Crippen molar-refractivity contribution in [2.75, 3.05) is 12.4 Å². The maximum absolute atomic E-state index is 13.0. The molecule has 0 fully saturated rings. The number of aryl methyl sites for hydroxylation is 1. The van der Waals surface area contributed by atoms with E-state index in [1.165, 1.54) is 11.8 Å². The van der Waals surface area contributed by atoms with Crippen molar-refractivity contribution in [1.29, 1.82) is 0 Å². The number of nitrogens with one attached hydrogen (secondary N) is 2. The van der Waals surface area contributed by atoms with Gasteiger partial charge in [-0.3, -0.25) is 19.1 Å². The molecule has 2 N–H and O–H groups in total. The summed E-state index contributed by atoms with van der Waals surface area (Å²) < 4.78 is 13.8. The van der Waals surface area contributed by atoms with Crippen molar-refractivity contribution in [3.8, 4) is 17.2 Å². The van der Waals surface area contributed by atoms with Gasteiger partial charge in [0.1, 0.15) is 5.69 Å². The molecule has 2 amide bonds. The van der Waals surface area contributed by atoms with Crippen molar-refractivity contribution in [3.05, 3.63) is 106 Å². The molecule has 0 aliphatic rings. The molecule has 0 unspecified atom stereocenters. The van der Waals surface area contributed by atoms with E-state index in [4.69, 9.17) is 9.47 Å². The zero-order valence-electron chi connectivity index (χ0n) is 23.2. The molecule has 0 bridgehead atoms. The standard InChI is InChI=1S/C30H29N5O6/c1-18-11-13-21(14-12-18)30(39)41-24-16-15-22(17-25(24)40-5)19(2)32-33-28(37)27(36)31-26-20(3)34(4)35(29(26)38)23-9-7-6-8-10-23/h6-17H,1-5H3,(H,31,36)(H,33,37). The van der Waals surface area contributed by atoms with Crippen LogP contribution in [0, 0.1) is 13.8 Å². The Labute approximate surface area is 236 Å². The first kappa shape index (κ1) is 28.6. The van der Waals surface area contributed by atoms with E-state index < -0.39 is 23.3 Å². The Morgan fingerprint density at radius 3 is 2.17 bits per heavy atom. The third-order valence-corrected chi connectivity index (χ3v) is 6.40. The number of amides is 2. The summed E-state index contributed by atoms with van der Waals surface area (Å²) in [4.78, 5) is 50.6. The molecule has 41 heavy (non-hydrogen) atoms. The number of rotatable bonds is 7. The molecule has 0 spiro atoms. The number of benzene rings is 3. The lowest BCUT2D eigenvalue weighted by molar-refractivity contribution is -0.136. The molecule has 0 radical (unpaired) electrons. The molecule has 0 atom stereocenters. The van der Waals surface area contributed by atoms with Crippen LogP contribution in [0.4, 0.5) is 5.69 Å². The number of carbonyl (C=O) groups is 3. The van der Waals surface area contributed by atoms with E-state index in [2.05, 4.69) is 15.8 Å². The molecule has 4 rings (SSSR count). The maximum atomic E-state index is 13.0. The van der Waals surface area contributed by atoms with Crippen LogP contribution >= 0.6 is 0 Å². The maximum Gasteiger partial charge on any atom is 0.343 e. The van der Waals surface area contributed by atoms with Crippen molar-refractivity contribution in [2.45, 2.75) is 20.8 Å². The number of anilines is 1. The van der Waals surface area contributed by atoms with E-state index in [1.807, 2.05) is 25.1 Å². The number of hydrogen-bond acceptors (Lipinski definition) is 7. The summed E-state index contributed by atoms with van der Waals surface area (Å²) in [5.74, 6) is -2.17. The van der Waals surface area contributed by atoms with Crippen LogP contribution in [0.2, 0.25) is 0 Å². The second kappa shape index (κ2) is 12.2. The highest BCUT2D eigenvalue weighted by atomic mass is 16.6. The van der Waals surface area contributed by atoms with Gasteiger partial charge in [0.15, 0.2) is 11.5 Å². The largest absolute Gasteiger partial charge is 0.493 e. The predicted molar refractivity (Wildman–Crippen MR) is 154 cm³/mol. The number of hydrazone groups is 1. The number of para-hydroxylation sites is 1. The highest BCUT2D eigenvalue weighted by Crippen LogP contribution is 2.29. The van der Waals surface area contributed by atoms with Gasteiger partial charge in [0.2, 0.25) is 0 Å². The second-order valence-corrected chi connectivity index (χ2v) is 9.15. The molecular formula is C30H29N5O6. The smallest absolute Gasteiger partial charge is 0.343 e. The Hall–Kier alpha value is -5.45. The van der Waals surface area contributed by atoms with Crippen molar-refractivity contribution >= 4 is 29.2 Å². The normalized spacial score (nSPS) is 11.1. The van der Waals surface area contributed by atoms with Crippen molar-refractivity contribution < 1.29 is 23.9 Å². The molecule has 3 aromatic carbocycles. The molecule has 0 aliphatic carbocycles. The van der Waals surface area contributed by atoms with E-state index >= 15 is 0 Å². The molecule has 11 heteroatoms. The van der Waals surface area contributed by atoms with Gasteiger partial charge in [-0.1, -0.05) is 35.9 Å². The Morgan fingerprint density at radius 2 is 1.51 bits per heavy atom. The fourth-order valence-electron chi connectivity index (χ4n) is 3.96. The zero-order chi connectivity index (χ0) is 29.7. The average molecular weight is 556 g/mol. The molecule has 1 aromatic heterocycles. The van der Waals surface area contributed by atoms with E-state index in [0.29, 0.717) is 28.2 Å².